The van der Waals surface area contributed by atoms with Crippen LogP contribution in [0.25, 0.3) is 11.1 Å². The molecule has 1 aliphatic heterocycles. The van der Waals surface area contributed by atoms with E-state index in [0.29, 0.717) is 24.6 Å². The molecule has 0 radical (unpaired) electrons. The van der Waals surface area contributed by atoms with Crippen molar-refractivity contribution in [2.45, 2.75) is 6.42 Å². The van der Waals surface area contributed by atoms with Gasteiger partial charge in [-0.05, 0) is 18.6 Å². The van der Waals surface area contributed by atoms with Gasteiger partial charge in [0.25, 0.3) is 5.91 Å². The van der Waals surface area contributed by atoms with E-state index in [1.54, 1.807) is 0 Å². The molecule has 0 fully saturated rings. The lowest BCUT2D eigenvalue weighted by atomic mass is 9.94. The van der Waals surface area contributed by atoms with Crippen molar-refractivity contribution in [2.75, 3.05) is 20.2 Å². The molecule has 0 aliphatic carbocycles. The van der Waals surface area contributed by atoms with Crippen LogP contribution in [0.5, 0.6) is 11.6 Å². The van der Waals surface area contributed by atoms with Gasteiger partial charge in [-0.2, -0.15) is 5.26 Å². The molecule has 1 amide bonds. The molecule has 0 unspecified atom stereocenters. The van der Waals surface area contributed by atoms with Crippen LogP contribution in [-0.4, -0.2) is 47.1 Å². The maximum absolute atomic E-state index is 12.8. The zero-order valence-corrected chi connectivity index (χ0v) is 14.0. The second-order valence-electron chi connectivity index (χ2n) is 5.40. The van der Waals surface area contributed by atoms with Gasteiger partial charge in [0.2, 0.25) is 5.88 Å². The van der Waals surface area contributed by atoms with Gasteiger partial charge in [0.1, 0.15) is 12.1 Å². The molecule has 9 nitrogen and oxygen atoms in total. The number of amides is 1. The van der Waals surface area contributed by atoms with E-state index in [-0.39, 0.29) is 28.3 Å². The average Bonchev–Trinajstić information content (AvgIpc) is 2.68. The number of nitriles is 1. The molecule has 9 heteroatoms. The van der Waals surface area contributed by atoms with Gasteiger partial charge in [0, 0.05) is 24.8 Å². The highest BCUT2D eigenvalue weighted by atomic mass is 16.5. The number of ether oxygens (including phenoxy) is 1. The van der Waals surface area contributed by atoms with E-state index in [1.807, 2.05) is 6.07 Å². The Labute approximate surface area is 149 Å². The van der Waals surface area contributed by atoms with Crippen LogP contribution in [0.1, 0.15) is 22.3 Å². The predicted molar refractivity (Wildman–Crippen MR) is 92.8 cm³/mol. The Morgan fingerprint density at radius 2 is 2.31 bits per heavy atom. The first-order chi connectivity index (χ1) is 12.7. The van der Waals surface area contributed by atoms with E-state index in [1.165, 1.54) is 31.8 Å². The molecule has 0 bridgehead atoms. The maximum atomic E-state index is 12.8. The molecule has 0 saturated heterocycles. The van der Waals surface area contributed by atoms with Gasteiger partial charge in [-0.1, -0.05) is 0 Å². The van der Waals surface area contributed by atoms with Gasteiger partial charge in [-0.25, -0.2) is 9.97 Å². The van der Waals surface area contributed by atoms with Crippen molar-refractivity contribution in [3.63, 3.8) is 0 Å². The Hall–Kier alpha value is -3.67. The highest BCUT2D eigenvalue weighted by Crippen LogP contribution is 2.36. The fourth-order valence-electron chi connectivity index (χ4n) is 2.63. The lowest BCUT2D eigenvalue weighted by molar-refractivity contribution is 0.0973. The highest BCUT2D eigenvalue weighted by Gasteiger charge is 2.25. The van der Waals surface area contributed by atoms with E-state index in [9.17, 15) is 15.2 Å². The molecule has 26 heavy (non-hydrogen) atoms. The lowest BCUT2D eigenvalue weighted by Gasteiger charge is -2.18. The second-order valence-corrected chi connectivity index (χ2v) is 5.40. The van der Waals surface area contributed by atoms with Gasteiger partial charge < -0.3 is 15.2 Å². The summed E-state index contributed by atoms with van der Waals surface area (Å²) in [6.07, 6.45) is 3.59. The summed E-state index contributed by atoms with van der Waals surface area (Å²) >= 11 is 0. The van der Waals surface area contributed by atoms with Crippen LogP contribution >= 0.6 is 0 Å². The number of aliphatic imine (C=N–C) groups is 1. The van der Waals surface area contributed by atoms with E-state index in [4.69, 9.17) is 4.74 Å². The summed E-state index contributed by atoms with van der Waals surface area (Å²) in [6.45, 7) is 1.29. The first-order valence-electron chi connectivity index (χ1n) is 7.85. The smallest absolute Gasteiger partial charge is 0.262 e. The molecule has 132 valence electrons. The molecular formula is C17H16N6O3. The predicted octanol–water partition coefficient (Wildman–Crippen LogP) is 0.809. The fourth-order valence-corrected chi connectivity index (χ4v) is 2.63. The highest BCUT2D eigenvalue weighted by molar-refractivity contribution is 6.11. The summed E-state index contributed by atoms with van der Waals surface area (Å²) in [4.78, 5) is 24.9. The summed E-state index contributed by atoms with van der Waals surface area (Å²) < 4.78 is 5.21. The van der Waals surface area contributed by atoms with E-state index in [0.717, 1.165) is 6.42 Å². The quantitative estimate of drug-likeness (QED) is 0.744. The molecule has 3 N–H and O–H groups in total. The number of hydrogen-bond acceptors (Lipinski definition) is 8. The first-order valence-corrected chi connectivity index (χ1v) is 7.85. The third kappa shape index (κ3) is 3.25. The van der Waals surface area contributed by atoms with Gasteiger partial charge in [0.05, 0.1) is 29.9 Å². The molecule has 2 aromatic rings. The monoisotopic (exact) mass is 352 g/mol. The lowest BCUT2D eigenvalue weighted by Crippen LogP contribution is -2.43. The fraction of sp³-hybridized carbons (Fsp3) is 0.235. The number of guanidine groups is 1. The molecule has 0 spiro atoms. The number of hydrogen-bond donors (Lipinski definition) is 3. The molecule has 1 aliphatic rings. The molecule has 1 aromatic heterocycles. The third-order valence-electron chi connectivity index (χ3n) is 3.80. The molecule has 0 atom stereocenters. The largest absolute Gasteiger partial charge is 0.507 e. The zero-order valence-electron chi connectivity index (χ0n) is 14.0. The molecule has 1 aromatic carbocycles. The van der Waals surface area contributed by atoms with Crippen molar-refractivity contribution in [1.82, 2.24) is 20.6 Å². The number of carbonyl (C=O) groups excluding carboxylic acids is 1. The van der Waals surface area contributed by atoms with Crippen molar-refractivity contribution in [3.05, 3.63) is 35.8 Å². The number of nitrogens with one attached hydrogen (secondary N) is 2. The van der Waals surface area contributed by atoms with E-state index >= 15 is 0 Å². The molecule has 3 rings (SSSR count). The number of nitrogens with zero attached hydrogens (tertiary/aromatic N) is 4. The van der Waals surface area contributed by atoms with Crippen molar-refractivity contribution < 1.29 is 14.6 Å². The standard InChI is InChI=1S/C17H16N6O3/c1-26-16-11(8-19-9-22-16)13-10(7-18)3-4-12(24)14(13)15(25)23-17-20-5-2-6-21-17/h3-4,8-9,24H,2,5-6H2,1H3,(H2,20,21,23,25). The minimum atomic E-state index is -0.603. The van der Waals surface area contributed by atoms with Crippen molar-refractivity contribution in [3.8, 4) is 28.8 Å². The normalized spacial score (nSPS) is 13.2. The van der Waals surface area contributed by atoms with Crippen LogP contribution < -0.4 is 15.4 Å². The van der Waals surface area contributed by atoms with Crippen molar-refractivity contribution in [2.24, 2.45) is 4.99 Å². The summed E-state index contributed by atoms with van der Waals surface area (Å²) in [5, 5.41) is 25.4. The number of phenols is 1. The van der Waals surface area contributed by atoms with Crippen LogP contribution in [0.2, 0.25) is 0 Å². The van der Waals surface area contributed by atoms with Crippen molar-refractivity contribution >= 4 is 11.9 Å². The molecular weight excluding hydrogens is 336 g/mol. The number of rotatable bonds is 3. The Morgan fingerprint density at radius 1 is 1.46 bits per heavy atom. The van der Waals surface area contributed by atoms with Gasteiger partial charge >= 0.3 is 0 Å². The molecule has 2 heterocycles. The van der Waals surface area contributed by atoms with E-state index < -0.39 is 5.91 Å². The van der Waals surface area contributed by atoms with Gasteiger partial charge in [-0.3, -0.25) is 15.1 Å². The summed E-state index contributed by atoms with van der Waals surface area (Å²) in [7, 11) is 1.42. The Balaban J connectivity index is 2.14. The van der Waals surface area contributed by atoms with Gasteiger partial charge in [-0.15, -0.1) is 0 Å². The zero-order chi connectivity index (χ0) is 18.5. The van der Waals surface area contributed by atoms with Crippen LogP contribution in [-0.2, 0) is 0 Å². The first kappa shape index (κ1) is 17.2. The number of aromatic nitrogens is 2. The Bertz CT molecular complexity index is 919. The van der Waals surface area contributed by atoms with Crippen LogP contribution in [0.15, 0.2) is 29.6 Å². The van der Waals surface area contributed by atoms with Crippen LogP contribution in [0.4, 0.5) is 0 Å². The maximum Gasteiger partial charge on any atom is 0.262 e. The number of aromatic hydroxyl groups is 1. The Morgan fingerprint density at radius 3 is 3.00 bits per heavy atom. The van der Waals surface area contributed by atoms with Crippen LogP contribution in [0, 0.1) is 11.3 Å². The number of phenolic OH excluding ortho intramolecular Hbond substituents is 1. The average molecular weight is 352 g/mol. The number of methoxy groups -OCH3 is 1. The Kier molecular flexibility index (Phi) is 4.94. The van der Waals surface area contributed by atoms with E-state index in [2.05, 4.69) is 25.6 Å². The van der Waals surface area contributed by atoms with Crippen LogP contribution in [0.3, 0.4) is 0 Å². The van der Waals surface area contributed by atoms with Crippen molar-refractivity contribution in [1.29, 1.82) is 5.26 Å². The second kappa shape index (κ2) is 7.48. The summed E-state index contributed by atoms with van der Waals surface area (Å²) in [6, 6.07) is 4.74. The number of carbonyl (C=O) groups is 1. The third-order valence-corrected chi connectivity index (χ3v) is 3.80. The topological polar surface area (TPSA) is 133 Å². The van der Waals surface area contributed by atoms with Gasteiger partial charge in [0.15, 0.2) is 5.96 Å². The minimum Gasteiger partial charge on any atom is -0.507 e. The summed E-state index contributed by atoms with van der Waals surface area (Å²) in [5.74, 6) is -0.373. The SMILES string of the molecule is COc1ncncc1-c1c(C#N)ccc(O)c1C(=O)NC1=NCCCN1. The minimum absolute atomic E-state index is 0.0766. The summed E-state index contributed by atoms with van der Waals surface area (Å²) in [5.41, 5.74) is 0.622. The molecule has 0 saturated carbocycles. The number of benzene rings is 1.